The van der Waals surface area contributed by atoms with Crippen molar-refractivity contribution in [1.29, 1.82) is 0 Å². The van der Waals surface area contributed by atoms with Gasteiger partial charge in [0.1, 0.15) is 5.82 Å². The van der Waals surface area contributed by atoms with E-state index in [1.165, 1.54) is 6.07 Å². The first-order valence-electron chi connectivity index (χ1n) is 6.61. The lowest BCUT2D eigenvalue weighted by molar-refractivity contribution is 0.0841. The molecule has 2 bridgehead atoms. The molecule has 0 aromatic heterocycles. The molecule has 0 aliphatic carbocycles. The van der Waals surface area contributed by atoms with Crippen LogP contribution in [-0.2, 0) is 4.74 Å². The van der Waals surface area contributed by atoms with Crippen molar-refractivity contribution in [3.63, 3.8) is 0 Å². The van der Waals surface area contributed by atoms with Crippen LogP contribution in [0.25, 0.3) is 0 Å². The summed E-state index contributed by atoms with van der Waals surface area (Å²) in [7, 11) is 1.61. The molecule has 0 spiro atoms. The Labute approximate surface area is 111 Å². The lowest BCUT2D eigenvalue weighted by Crippen LogP contribution is -2.41. The standard InChI is InChI=1S/C14H17FN2O2/c1-16-13-9(3-2-4-10(13)15)14(18)17-11-7-8-5-6-12(11)19-8/h2-4,8,11-12,16H,5-7H2,1H3,(H,17,18). The highest BCUT2D eigenvalue weighted by Crippen LogP contribution is 2.34. The van der Waals surface area contributed by atoms with Crippen LogP contribution in [0, 0.1) is 5.82 Å². The fourth-order valence-corrected chi connectivity index (χ4v) is 3.00. The molecule has 0 saturated carbocycles. The Hall–Kier alpha value is -1.62. The summed E-state index contributed by atoms with van der Waals surface area (Å²) in [6.45, 7) is 0. The third-order valence-corrected chi connectivity index (χ3v) is 3.93. The normalized spacial score (nSPS) is 28.4. The molecule has 3 unspecified atom stereocenters. The number of hydrogen-bond donors (Lipinski definition) is 2. The van der Waals surface area contributed by atoms with Crippen molar-refractivity contribution in [3.8, 4) is 0 Å². The Bertz CT molecular complexity index is 506. The van der Waals surface area contributed by atoms with Gasteiger partial charge in [-0.05, 0) is 31.4 Å². The van der Waals surface area contributed by atoms with Gasteiger partial charge in [-0.15, -0.1) is 0 Å². The maximum atomic E-state index is 13.6. The molecule has 3 atom stereocenters. The zero-order valence-corrected chi connectivity index (χ0v) is 10.8. The van der Waals surface area contributed by atoms with E-state index in [1.807, 2.05) is 0 Å². The molecule has 2 aliphatic heterocycles. The topological polar surface area (TPSA) is 50.4 Å². The maximum Gasteiger partial charge on any atom is 0.253 e. The van der Waals surface area contributed by atoms with Crippen LogP contribution in [0.5, 0.6) is 0 Å². The molecule has 2 saturated heterocycles. The number of carbonyl (C=O) groups is 1. The van der Waals surface area contributed by atoms with Gasteiger partial charge in [-0.25, -0.2) is 4.39 Å². The zero-order valence-electron chi connectivity index (χ0n) is 10.8. The van der Waals surface area contributed by atoms with Gasteiger partial charge in [0.25, 0.3) is 5.91 Å². The molecule has 0 radical (unpaired) electrons. The van der Waals surface area contributed by atoms with Crippen molar-refractivity contribution >= 4 is 11.6 Å². The van der Waals surface area contributed by atoms with Gasteiger partial charge >= 0.3 is 0 Å². The van der Waals surface area contributed by atoms with Gasteiger partial charge in [0, 0.05) is 7.05 Å². The highest BCUT2D eigenvalue weighted by molar-refractivity contribution is 5.99. The second-order valence-corrected chi connectivity index (χ2v) is 5.10. The fourth-order valence-electron chi connectivity index (χ4n) is 3.00. The number of para-hydroxylation sites is 1. The number of fused-ring (bicyclic) bond motifs is 2. The SMILES string of the molecule is CNc1c(F)cccc1C(=O)NC1CC2CCC1O2. The number of rotatable bonds is 3. The van der Waals surface area contributed by atoms with Gasteiger partial charge in [0.2, 0.25) is 0 Å². The first kappa shape index (κ1) is 12.4. The zero-order chi connectivity index (χ0) is 13.4. The minimum Gasteiger partial charge on any atom is -0.385 e. The second-order valence-electron chi connectivity index (χ2n) is 5.10. The van der Waals surface area contributed by atoms with E-state index < -0.39 is 5.82 Å². The number of amides is 1. The van der Waals surface area contributed by atoms with E-state index in [9.17, 15) is 9.18 Å². The average molecular weight is 264 g/mol. The summed E-state index contributed by atoms with van der Waals surface area (Å²) in [6, 6.07) is 4.56. The van der Waals surface area contributed by atoms with Gasteiger partial charge in [-0.2, -0.15) is 0 Å². The number of carbonyl (C=O) groups excluding carboxylic acids is 1. The van der Waals surface area contributed by atoms with Crippen LogP contribution in [-0.4, -0.2) is 31.2 Å². The summed E-state index contributed by atoms with van der Waals surface area (Å²) in [6.07, 6.45) is 3.35. The van der Waals surface area contributed by atoms with Gasteiger partial charge in [0.15, 0.2) is 0 Å². The molecule has 2 heterocycles. The second kappa shape index (κ2) is 4.81. The van der Waals surface area contributed by atoms with E-state index in [-0.39, 0.29) is 29.8 Å². The van der Waals surface area contributed by atoms with Crippen molar-refractivity contribution in [2.45, 2.75) is 37.5 Å². The monoisotopic (exact) mass is 264 g/mol. The van der Waals surface area contributed by atoms with E-state index in [1.54, 1.807) is 19.2 Å². The van der Waals surface area contributed by atoms with Crippen molar-refractivity contribution < 1.29 is 13.9 Å². The van der Waals surface area contributed by atoms with Crippen LogP contribution in [0.4, 0.5) is 10.1 Å². The van der Waals surface area contributed by atoms with Crippen LogP contribution in [0.2, 0.25) is 0 Å². The van der Waals surface area contributed by atoms with E-state index in [0.717, 1.165) is 19.3 Å². The molecule has 3 rings (SSSR count). The summed E-state index contributed by atoms with van der Waals surface area (Å²) in [4.78, 5) is 12.2. The summed E-state index contributed by atoms with van der Waals surface area (Å²) in [5.74, 6) is -0.663. The summed E-state index contributed by atoms with van der Waals surface area (Å²) in [5, 5.41) is 5.69. The molecular formula is C14H17FN2O2. The minimum absolute atomic E-state index is 0.0548. The minimum atomic E-state index is -0.417. The molecule has 1 amide bonds. The highest BCUT2D eigenvalue weighted by Gasteiger charge is 2.41. The lowest BCUT2D eigenvalue weighted by Gasteiger charge is -2.20. The number of halogens is 1. The maximum absolute atomic E-state index is 13.6. The molecule has 2 aliphatic rings. The largest absolute Gasteiger partial charge is 0.385 e. The number of ether oxygens (including phenoxy) is 1. The Kier molecular flexibility index (Phi) is 3.14. The van der Waals surface area contributed by atoms with Crippen molar-refractivity contribution in [1.82, 2.24) is 5.32 Å². The van der Waals surface area contributed by atoms with Crippen LogP contribution in [0.3, 0.4) is 0 Å². The summed E-state index contributed by atoms with van der Waals surface area (Å²) >= 11 is 0. The van der Waals surface area contributed by atoms with E-state index >= 15 is 0 Å². The van der Waals surface area contributed by atoms with Crippen molar-refractivity contribution in [3.05, 3.63) is 29.6 Å². The average Bonchev–Trinajstić information content (AvgIpc) is 3.00. The number of hydrogen-bond acceptors (Lipinski definition) is 3. The number of benzene rings is 1. The lowest BCUT2D eigenvalue weighted by atomic mass is 9.95. The predicted molar refractivity (Wildman–Crippen MR) is 69.7 cm³/mol. The van der Waals surface area contributed by atoms with Crippen LogP contribution in [0.1, 0.15) is 29.6 Å². The smallest absolute Gasteiger partial charge is 0.253 e. The Morgan fingerprint density at radius 1 is 1.42 bits per heavy atom. The van der Waals surface area contributed by atoms with Crippen LogP contribution < -0.4 is 10.6 Å². The van der Waals surface area contributed by atoms with Gasteiger partial charge in [-0.3, -0.25) is 4.79 Å². The predicted octanol–water partition coefficient (Wildman–Crippen LogP) is 1.92. The summed E-state index contributed by atoms with van der Waals surface area (Å²) in [5.41, 5.74) is 0.578. The molecule has 1 aromatic rings. The van der Waals surface area contributed by atoms with Crippen molar-refractivity contribution in [2.24, 2.45) is 0 Å². The molecule has 2 fully saturated rings. The number of nitrogens with one attached hydrogen (secondary N) is 2. The third kappa shape index (κ3) is 2.18. The van der Waals surface area contributed by atoms with Crippen molar-refractivity contribution in [2.75, 3.05) is 12.4 Å². The first-order chi connectivity index (χ1) is 9.19. The quantitative estimate of drug-likeness (QED) is 0.877. The molecule has 19 heavy (non-hydrogen) atoms. The van der Waals surface area contributed by atoms with Crippen LogP contribution in [0.15, 0.2) is 18.2 Å². The van der Waals surface area contributed by atoms with Gasteiger partial charge in [0.05, 0.1) is 29.5 Å². The molecule has 5 heteroatoms. The first-order valence-corrected chi connectivity index (χ1v) is 6.61. The molecule has 1 aromatic carbocycles. The summed E-state index contributed by atoms with van der Waals surface area (Å²) < 4.78 is 19.3. The molecule has 2 N–H and O–H groups in total. The van der Waals surface area contributed by atoms with E-state index in [0.29, 0.717) is 5.56 Å². The molecule has 102 valence electrons. The third-order valence-electron chi connectivity index (χ3n) is 3.93. The van der Waals surface area contributed by atoms with Crippen LogP contribution >= 0.6 is 0 Å². The Balaban J connectivity index is 1.76. The van der Waals surface area contributed by atoms with E-state index in [4.69, 9.17) is 4.74 Å². The number of anilines is 1. The molecular weight excluding hydrogens is 247 g/mol. The Morgan fingerprint density at radius 3 is 2.89 bits per heavy atom. The van der Waals surface area contributed by atoms with Gasteiger partial charge < -0.3 is 15.4 Å². The molecule has 4 nitrogen and oxygen atoms in total. The van der Waals surface area contributed by atoms with E-state index in [2.05, 4.69) is 10.6 Å². The van der Waals surface area contributed by atoms with Gasteiger partial charge in [-0.1, -0.05) is 6.07 Å². The highest BCUT2D eigenvalue weighted by atomic mass is 19.1. The Morgan fingerprint density at radius 2 is 2.26 bits per heavy atom. The fraction of sp³-hybridized carbons (Fsp3) is 0.500.